The number of carbonyl (C=O) groups is 1. The first-order chi connectivity index (χ1) is 12.8. The third kappa shape index (κ3) is 2.51. The van der Waals surface area contributed by atoms with Gasteiger partial charge in [-0.3, -0.25) is 4.79 Å². The van der Waals surface area contributed by atoms with Crippen LogP contribution in [-0.4, -0.2) is 15.7 Å². The Balaban J connectivity index is 1.60. The molecule has 1 aromatic heterocycles. The standard InChI is InChI=1S/C23H20N2O/c26-23(20-14-16-11-12-19(20)13-16)25-22(18-9-5-2-6-10-18)15-21(24-25)17-7-3-1-4-8-17/h1-12,15-16,19-20H,13-14H2/t16-,19+,20-/m0/s1. The van der Waals surface area contributed by atoms with E-state index in [1.54, 1.807) is 4.68 Å². The molecule has 0 spiro atoms. The van der Waals surface area contributed by atoms with Crippen molar-refractivity contribution in [2.45, 2.75) is 12.8 Å². The van der Waals surface area contributed by atoms with Crippen LogP contribution in [0.2, 0.25) is 0 Å². The largest absolute Gasteiger partial charge is 0.272 e. The minimum atomic E-state index is 0.0518. The van der Waals surface area contributed by atoms with Crippen molar-refractivity contribution in [1.29, 1.82) is 0 Å². The molecule has 1 heterocycles. The van der Waals surface area contributed by atoms with Crippen LogP contribution in [-0.2, 0) is 0 Å². The molecule has 0 amide bonds. The van der Waals surface area contributed by atoms with E-state index in [4.69, 9.17) is 5.10 Å². The summed E-state index contributed by atoms with van der Waals surface area (Å²) in [5.74, 6) is 1.12. The Morgan fingerprint density at radius 2 is 1.58 bits per heavy atom. The quantitative estimate of drug-likeness (QED) is 0.624. The van der Waals surface area contributed by atoms with E-state index in [-0.39, 0.29) is 11.8 Å². The second kappa shape index (κ2) is 6.10. The van der Waals surface area contributed by atoms with Crippen molar-refractivity contribution < 1.29 is 4.79 Å². The Bertz CT molecular complexity index is 972. The molecule has 1 saturated carbocycles. The Morgan fingerprint density at radius 1 is 0.885 bits per heavy atom. The number of fused-ring (bicyclic) bond motifs is 2. The van der Waals surface area contributed by atoms with Gasteiger partial charge in [-0.15, -0.1) is 0 Å². The lowest BCUT2D eigenvalue weighted by Crippen LogP contribution is -2.26. The topological polar surface area (TPSA) is 34.9 Å². The van der Waals surface area contributed by atoms with Crippen LogP contribution < -0.4 is 0 Å². The molecule has 3 atom stereocenters. The molecule has 128 valence electrons. The van der Waals surface area contributed by atoms with E-state index in [2.05, 4.69) is 12.2 Å². The van der Waals surface area contributed by atoms with Crippen molar-refractivity contribution in [1.82, 2.24) is 9.78 Å². The summed E-state index contributed by atoms with van der Waals surface area (Å²) in [4.78, 5) is 13.3. The van der Waals surface area contributed by atoms with E-state index >= 15 is 0 Å². The van der Waals surface area contributed by atoms with Crippen molar-refractivity contribution in [2.24, 2.45) is 17.8 Å². The highest BCUT2D eigenvalue weighted by Crippen LogP contribution is 2.44. The van der Waals surface area contributed by atoms with E-state index in [0.29, 0.717) is 11.8 Å². The molecule has 0 radical (unpaired) electrons. The molecule has 0 aliphatic heterocycles. The van der Waals surface area contributed by atoms with E-state index in [0.717, 1.165) is 35.4 Å². The van der Waals surface area contributed by atoms with Gasteiger partial charge >= 0.3 is 0 Å². The predicted molar refractivity (Wildman–Crippen MR) is 103 cm³/mol. The minimum absolute atomic E-state index is 0.0518. The van der Waals surface area contributed by atoms with Crippen molar-refractivity contribution in [2.75, 3.05) is 0 Å². The van der Waals surface area contributed by atoms with Gasteiger partial charge in [0.25, 0.3) is 5.91 Å². The van der Waals surface area contributed by atoms with Gasteiger partial charge in [0, 0.05) is 17.0 Å². The number of nitrogens with zero attached hydrogens (tertiary/aromatic N) is 2. The fourth-order valence-corrected chi connectivity index (χ4v) is 4.34. The Labute approximate surface area is 153 Å². The highest BCUT2D eigenvalue weighted by molar-refractivity contribution is 5.87. The monoisotopic (exact) mass is 340 g/mol. The SMILES string of the molecule is O=C([C@H]1C[C@H]2C=C[C@@H]1C2)n1nc(-c2ccccc2)cc1-c1ccccc1. The lowest BCUT2D eigenvalue weighted by atomic mass is 9.93. The van der Waals surface area contributed by atoms with Gasteiger partial charge in [-0.05, 0) is 30.7 Å². The molecular formula is C23H20N2O. The fraction of sp³-hybridized carbons (Fsp3) is 0.217. The molecule has 3 nitrogen and oxygen atoms in total. The number of hydrogen-bond donors (Lipinski definition) is 0. The van der Waals surface area contributed by atoms with Gasteiger partial charge in [0.15, 0.2) is 0 Å². The number of rotatable bonds is 3. The molecule has 26 heavy (non-hydrogen) atoms. The Morgan fingerprint density at radius 3 is 2.19 bits per heavy atom. The average Bonchev–Trinajstić information content (AvgIpc) is 3.44. The summed E-state index contributed by atoms with van der Waals surface area (Å²) < 4.78 is 1.65. The summed E-state index contributed by atoms with van der Waals surface area (Å²) in [6.07, 6.45) is 6.56. The van der Waals surface area contributed by atoms with Gasteiger partial charge in [0.1, 0.15) is 0 Å². The van der Waals surface area contributed by atoms with Gasteiger partial charge in [0.05, 0.1) is 11.4 Å². The number of carbonyl (C=O) groups excluding carboxylic acids is 1. The van der Waals surface area contributed by atoms with Crippen molar-refractivity contribution in [3.63, 3.8) is 0 Å². The molecule has 1 fully saturated rings. The zero-order valence-electron chi connectivity index (χ0n) is 14.5. The zero-order chi connectivity index (χ0) is 17.5. The summed E-state index contributed by atoms with van der Waals surface area (Å²) in [6, 6.07) is 22.2. The number of hydrogen-bond acceptors (Lipinski definition) is 2. The maximum atomic E-state index is 13.3. The maximum absolute atomic E-state index is 13.3. The molecule has 2 aromatic carbocycles. The highest BCUT2D eigenvalue weighted by atomic mass is 16.2. The first-order valence-electron chi connectivity index (χ1n) is 9.23. The van der Waals surface area contributed by atoms with Crippen LogP contribution in [0, 0.1) is 17.8 Å². The molecule has 5 rings (SSSR count). The number of benzene rings is 2. The Kier molecular flexibility index (Phi) is 3.59. The molecule has 0 saturated heterocycles. The lowest BCUT2D eigenvalue weighted by molar-refractivity contribution is 0.0799. The molecule has 3 heteroatoms. The van der Waals surface area contributed by atoms with Crippen LogP contribution >= 0.6 is 0 Å². The van der Waals surface area contributed by atoms with E-state index in [1.165, 1.54) is 0 Å². The van der Waals surface area contributed by atoms with E-state index in [9.17, 15) is 4.79 Å². The second-order valence-corrected chi connectivity index (χ2v) is 7.28. The summed E-state index contributed by atoms with van der Waals surface area (Å²) in [6.45, 7) is 0. The van der Waals surface area contributed by atoms with Gasteiger partial charge in [-0.1, -0.05) is 72.8 Å². The van der Waals surface area contributed by atoms with Crippen LogP contribution in [0.1, 0.15) is 17.6 Å². The number of aromatic nitrogens is 2. The van der Waals surface area contributed by atoms with Crippen molar-refractivity contribution in [3.8, 4) is 22.5 Å². The van der Waals surface area contributed by atoms with Gasteiger partial charge in [-0.25, -0.2) is 0 Å². The molecular weight excluding hydrogens is 320 g/mol. The van der Waals surface area contributed by atoms with Crippen LogP contribution in [0.15, 0.2) is 78.9 Å². The summed E-state index contributed by atoms with van der Waals surface area (Å²) in [5.41, 5.74) is 3.77. The lowest BCUT2D eigenvalue weighted by Gasteiger charge is -2.17. The van der Waals surface area contributed by atoms with Crippen LogP contribution in [0.5, 0.6) is 0 Å². The first kappa shape index (κ1) is 15.3. The second-order valence-electron chi connectivity index (χ2n) is 7.28. The zero-order valence-corrected chi connectivity index (χ0v) is 14.5. The normalized spacial score (nSPS) is 23.5. The molecule has 2 bridgehead atoms. The maximum Gasteiger partial charge on any atom is 0.251 e. The van der Waals surface area contributed by atoms with Crippen LogP contribution in [0.25, 0.3) is 22.5 Å². The predicted octanol–water partition coefficient (Wildman–Crippen LogP) is 5.07. The van der Waals surface area contributed by atoms with Gasteiger partial charge in [-0.2, -0.15) is 9.78 Å². The van der Waals surface area contributed by atoms with Gasteiger partial charge in [0.2, 0.25) is 0 Å². The summed E-state index contributed by atoms with van der Waals surface area (Å²) >= 11 is 0. The minimum Gasteiger partial charge on any atom is -0.272 e. The summed E-state index contributed by atoms with van der Waals surface area (Å²) in [7, 11) is 0. The third-order valence-corrected chi connectivity index (χ3v) is 5.65. The van der Waals surface area contributed by atoms with Crippen molar-refractivity contribution in [3.05, 3.63) is 78.9 Å². The van der Waals surface area contributed by atoms with Gasteiger partial charge < -0.3 is 0 Å². The van der Waals surface area contributed by atoms with Crippen molar-refractivity contribution >= 4 is 5.91 Å². The van der Waals surface area contributed by atoms with Crippen LogP contribution in [0.3, 0.4) is 0 Å². The molecule has 3 aromatic rings. The van der Waals surface area contributed by atoms with Crippen LogP contribution in [0.4, 0.5) is 0 Å². The molecule has 2 aliphatic carbocycles. The molecule has 0 unspecified atom stereocenters. The molecule has 0 N–H and O–H groups in total. The fourth-order valence-electron chi connectivity index (χ4n) is 4.34. The summed E-state index contributed by atoms with van der Waals surface area (Å²) in [5, 5.41) is 4.73. The average molecular weight is 340 g/mol. The van der Waals surface area contributed by atoms with E-state index < -0.39 is 0 Å². The smallest absolute Gasteiger partial charge is 0.251 e. The third-order valence-electron chi connectivity index (χ3n) is 5.65. The number of allylic oxidation sites excluding steroid dienone is 2. The molecule has 2 aliphatic rings. The van der Waals surface area contributed by atoms with E-state index in [1.807, 2.05) is 66.7 Å². The highest BCUT2D eigenvalue weighted by Gasteiger charge is 2.41. The first-order valence-corrected chi connectivity index (χ1v) is 9.23. The Hall–Kier alpha value is -2.94.